The Kier molecular flexibility index (Phi) is 5.71. The molecule has 1 fully saturated rings. The Morgan fingerprint density at radius 1 is 1.12 bits per heavy atom. The number of nitrogens with zero attached hydrogens (tertiary/aromatic N) is 1. The molecule has 1 aliphatic rings. The van der Waals surface area contributed by atoms with Crippen molar-refractivity contribution in [3.8, 4) is 0 Å². The minimum Gasteiger partial charge on any atom is -0.352 e. The first-order valence-corrected chi connectivity index (χ1v) is 9.25. The molecule has 0 aromatic heterocycles. The number of nitrogens with one attached hydrogen (secondary N) is 1. The van der Waals surface area contributed by atoms with Gasteiger partial charge in [0.2, 0.25) is 11.8 Å². The largest absolute Gasteiger partial charge is 0.352 e. The normalized spacial score (nSPS) is 13.9. The van der Waals surface area contributed by atoms with Crippen molar-refractivity contribution < 1.29 is 9.59 Å². The third-order valence-electron chi connectivity index (χ3n) is 4.93. The van der Waals surface area contributed by atoms with Crippen LogP contribution in [-0.4, -0.2) is 18.4 Å². The van der Waals surface area contributed by atoms with Crippen LogP contribution in [0.2, 0.25) is 0 Å². The Morgan fingerprint density at radius 2 is 1.88 bits per heavy atom. The Morgan fingerprint density at radius 3 is 2.54 bits per heavy atom. The molecule has 0 radical (unpaired) electrons. The first-order valence-electron chi connectivity index (χ1n) is 9.25. The summed E-state index contributed by atoms with van der Waals surface area (Å²) in [6.07, 6.45) is 2.81. The third kappa shape index (κ3) is 4.51. The third-order valence-corrected chi connectivity index (χ3v) is 4.93. The molecule has 0 saturated carbocycles. The molecular weight excluding hydrogens is 324 g/mol. The minimum atomic E-state index is 0.0590. The van der Waals surface area contributed by atoms with Gasteiger partial charge < -0.3 is 10.2 Å². The van der Waals surface area contributed by atoms with E-state index >= 15 is 0 Å². The highest BCUT2D eigenvalue weighted by atomic mass is 16.2. The van der Waals surface area contributed by atoms with E-state index < -0.39 is 0 Å². The van der Waals surface area contributed by atoms with Crippen LogP contribution in [0.1, 0.15) is 41.5 Å². The zero-order chi connectivity index (χ0) is 18.5. The van der Waals surface area contributed by atoms with Crippen LogP contribution in [-0.2, 0) is 22.6 Å². The molecule has 4 nitrogen and oxygen atoms in total. The molecular formula is C22H26N2O2. The molecule has 2 aromatic carbocycles. The molecule has 0 atom stereocenters. The molecule has 136 valence electrons. The van der Waals surface area contributed by atoms with Gasteiger partial charge in [-0.2, -0.15) is 0 Å². The second-order valence-electron chi connectivity index (χ2n) is 7.02. The van der Waals surface area contributed by atoms with Gasteiger partial charge in [-0.15, -0.1) is 0 Å². The molecule has 26 heavy (non-hydrogen) atoms. The molecule has 0 aliphatic carbocycles. The number of anilines is 1. The van der Waals surface area contributed by atoms with Crippen molar-refractivity contribution in [1.82, 2.24) is 5.32 Å². The molecule has 0 bridgehead atoms. The second kappa shape index (κ2) is 8.17. The van der Waals surface area contributed by atoms with E-state index in [1.54, 1.807) is 0 Å². The van der Waals surface area contributed by atoms with Gasteiger partial charge in [0.15, 0.2) is 0 Å². The number of amides is 2. The molecule has 1 aliphatic heterocycles. The Balaban J connectivity index is 1.47. The maximum Gasteiger partial charge on any atom is 0.227 e. The predicted molar refractivity (Wildman–Crippen MR) is 104 cm³/mol. The molecule has 1 heterocycles. The fourth-order valence-corrected chi connectivity index (χ4v) is 3.38. The SMILES string of the molecule is Cc1ccc(CCC(=O)NCc2ccc(N3CCCC3=O)cc2)c(C)c1. The lowest BCUT2D eigenvalue weighted by Crippen LogP contribution is -2.24. The molecule has 0 spiro atoms. The number of carbonyl (C=O) groups excluding carboxylic acids is 2. The number of aryl methyl sites for hydroxylation is 3. The molecule has 1 saturated heterocycles. The van der Waals surface area contributed by atoms with Crippen molar-refractivity contribution >= 4 is 17.5 Å². The summed E-state index contributed by atoms with van der Waals surface area (Å²) in [5.74, 6) is 0.251. The van der Waals surface area contributed by atoms with Crippen molar-refractivity contribution in [2.45, 2.75) is 46.1 Å². The topological polar surface area (TPSA) is 49.4 Å². The van der Waals surface area contributed by atoms with E-state index in [2.05, 4.69) is 37.4 Å². The van der Waals surface area contributed by atoms with Crippen molar-refractivity contribution in [3.05, 3.63) is 64.7 Å². The van der Waals surface area contributed by atoms with Crippen LogP contribution in [0.5, 0.6) is 0 Å². The summed E-state index contributed by atoms with van der Waals surface area (Å²) < 4.78 is 0. The lowest BCUT2D eigenvalue weighted by molar-refractivity contribution is -0.121. The summed E-state index contributed by atoms with van der Waals surface area (Å²) in [6.45, 7) is 5.48. The average molecular weight is 350 g/mol. The van der Waals surface area contributed by atoms with Crippen LogP contribution in [0, 0.1) is 13.8 Å². The van der Waals surface area contributed by atoms with Gasteiger partial charge in [-0.25, -0.2) is 0 Å². The van der Waals surface area contributed by atoms with E-state index in [9.17, 15) is 9.59 Å². The summed E-state index contributed by atoms with van der Waals surface area (Å²) in [5.41, 5.74) is 5.70. The summed E-state index contributed by atoms with van der Waals surface area (Å²) >= 11 is 0. The van der Waals surface area contributed by atoms with E-state index in [1.165, 1.54) is 16.7 Å². The van der Waals surface area contributed by atoms with Crippen LogP contribution in [0.3, 0.4) is 0 Å². The lowest BCUT2D eigenvalue weighted by atomic mass is 10.0. The smallest absolute Gasteiger partial charge is 0.227 e. The van der Waals surface area contributed by atoms with E-state index in [1.807, 2.05) is 29.2 Å². The zero-order valence-electron chi connectivity index (χ0n) is 15.5. The number of carbonyl (C=O) groups is 2. The highest BCUT2D eigenvalue weighted by Gasteiger charge is 2.21. The summed E-state index contributed by atoms with van der Waals surface area (Å²) in [7, 11) is 0. The van der Waals surface area contributed by atoms with Gasteiger partial charge >= 0.3 is 0 Å². The maximum absolute atomic E-state index is 12.1. The van der Waals surface area contributed by atoms with Crippen LogP contribution in [0.15, 0.2) is 42.5 Å². The number of hydrogen-bond donors (Lipinski definition) is 1. The summed E-state index contributed by atoms with van der Waals surface area (Å²) in [4.78, 5) is 25.7. The molecule has 3 rings (SSSR count). The molecule has 1 N–H and O–H groups in total. The van der Waals surface area contributed by atoms with Gasteiger partial charge in [0.1, 0.15) is 0 Å². The van der Waals surface area contributed by atoms with Gasteiger partial charge in [-0.05, 0) is 55.5 Å². The average Bonchev–Trinajstić information content (AvgIpc) is 3.05. The maximum atomic E-state index is 12.1. The standard InChI is InChI=1S/C22H26N2O2/c1-16-5-8-19(17(2)14-16)9-12-21(25)23-15-18-6-10-20(11-7-18)24-13-3-4-22(24)26/h5-8,10-11,14H,3-4,9,12-13,15H2,1-2H3,(H,23,25). The highest BCUT2D eigenvalue weighted by Crippen LogP contribution is 2.21. The summed E-state index contributed by atoms with van der Waals surface area (Å²) in [6, 6.07) is 14.2. The minimum absolute atomic E-state index is 0.0590. The van der Waals surface area contributed by atoms with Crippen molar-refractivity contribution in [3.63, 3.8) is 0 Å². The van der Waals surface area contributed by atoms with Crippen molar-refractivity contribution in [2.75, 3.05) is 11.4 Å². The van der Waals surface area contributed by atoms with E-state index in [0.29, 0.717) is 19.4 Å². The zero-order valence-corrected chi connectivity index (χ0v) is 15.5. The number of benzene rings is 2. The summed E-state index contributed by atoms with van der Waals surface area (Å²) in [5, 5.41) is 2.98. The predicted octanol–water partition coefficient (Wildman–Crippen LogP) is 3.68. The van der Waals surface area contributed by atoms with E-state index in [4.69, 9.17) is 0 Å². The quantitative estimate of drug-likeness (QED) is 0.864. The Bertz CT molecular complexity index is 796. The lowest BCUT2D eigenvalue weighted by Gasteiger charge is -2.16. The molecule has 4 heteroatoms. The Labute approximate surface area is 155 Å². The van der Waals surface area contributed by atoms with Gasteiger partial charge in [0.05, 0.1) is 0 Å². The second-order valence-corrected chi connectivity index (χ2v) is 7.02. The van der Waals surface area contributed by atoms with Crippen LogP contribution < -0.4 is 10.2 Å². The Hall–Kier alpha value is -2.62. The first kappa shape index (κ1) is 18.2. The monoisotopic (exact) mass is 350 g/mol. The molecule has 2 aromatic rings. The van der Waals surface area contributed by atoms with Crippen LogP contribution >= 0.6 is 0 Å². The highest BCUT2D eigenvalue weighted by molar-refractivity contribution is 5.95. The molecule has 0 unspecified atom stereocenters. The van der Waals surface area contributed by atoms with Gasteiger partial charge in [0.25, 0.3) is 0 Å². The number of hydrogen-bond acceptors (Lipinski definition) is 2. The van der Waals surface area contributed by atoms with Gasteiger partial charge in [-0.3, -0.25) is 9.59 Å². The fraction of sp³-hybridized carbons (Fsp3) is 0.364. The van der Waals surface area contributed by atoms with Crippen LogP contribution in [0.25, 0.3) is 0 Å². The first-order chi connectivity index (χ1) is 12.5. The van der Waals surface area contributed by atoms with Gasteiger partial charge in [-0.1, -0.05) is 35.9 Å². The number of rotatable bonds is 6. The van der Waals surface area contributed by atoms with Crippen molar-refractivity contribution in [1.29, 1.82) is 0 Å². The van der Waals surface area contributed by atoms with Crippen LogP contribution in [0.4, 0.5) is 5.69 Å². The van der Waals surface area contributed by atoms with E-state index in [0.717, 1.165) is 30.6 Å². The molecule has 2 amide bonds. The fourth-order valence-electron chi connectivity index (χ4n) is 3.38. The van der Waals surface area contributed by atoms with E-state index in [-0.39, 0.29) is 11.8 Å². The van der Waals surface area contributed by atoms with Gasteiger partial charge in [0, 0.05) is 31.6 Å². The van der Waals surface area contributed by atoms with Crippen molar-refractivity contribution in [2.24, 2.45) is 0 Å².